The molecule has 0 spiro atoms. The van der Waals surface area contributed by atoms with Crippen LogP contribution in [-0.2, 0) is 0 Å². The van der Waals surface area contributed by atoms with Crippen molar-refractivity contribution in [3.05, 3.63) is 103 Å². The van der Waals surface area contributed by atoms with E-state index in [0.717, 1.165) is 0 Å². The van der Waals surface area contributed by atoms with E-state index in [0.29, 0.717) is 0 Å². The lowest BCUT2D eigenvalue weighted by molar-refractivity contribution is 1.18. The normalized spacial score (nSPS) is 12.0. The van der Waals surface area contributed by atoms with Crippen LogP contribution in [0.2, 0.25) is 0 Å². The smallest absolute Gasteiger partial charge is 0.0555 e. The number of rotatable bonds is 1. The summed E-state index contributed by atoms with van der Waals surface area (Å²) in [6, 6.07) is 37.5. The number of hydrogen-bond acceptors (Lipinski definition) is 1. The Balaban J connectivity index is 1.85. The van der Waals surface area contributed by atoms with Gasteiger partial charge in [-0.2, -0.15) is 0 Å². The largest absolute Gasteiger partial charge is 0.309 e. The van der Waals surface area contributed by atoms with E-state index in [9.17, 15) is 0 Å². The van der Waals surface area contributed by atoms with Crippen molar-refractivity contribution < 1.29 is 0 Å². The van der Waals surface area contributed by atoms with Gasteiger partial charge in [0.25, 0.3) is 0 Å². The van der Waals surface area contributed by atoms with E-state index in [2.05, 4.69) is 108 Å². The van der Waals surface area contributed by atoms with Crippen molar-refractivity contribution in [2.24, 2.45) is 0 Å². The third-order valence-electron chi connectivity index (χ3n) is 6.17. The summed E-state index contributed by atoms with van der Waals surface area (Å²) in [5.41, 5.74) is 3.74. The van der Waals surface area contributed by atoms with Gasteiger partial charge in [0.2, 0.25) is 0 Å². The molecule has 0 saturated heterocycles. The van der Waals surface area contributed by atoms with Gasteiger partial charge in [0.05, 0.1) is 11.0 Å². The molecule has 0 aliphatic carbocycles. The summed E-state index contributed by atoms with van der Waals surface area (Å²) in [5, 5.41) is 8.01. The average molecular weight is 400 g/mol. The molecule has 0 bridgehead atoms. The molecule has 7 aromatic rings. The molecule has 2 aromatic heterocycles. The number of aromatic nitrogens is 1. The number of nitrogens with zero attached hydrogens (tertiary/aromatic N) is 1. The van der Waals surface area contributed by atoms with Gasteiger partial charge in [0.1, 0.15) is 0 Å². The molecule has 0 amide bonds. The Bertz CT molecular complexity index is 1740. The van der Waals surface area contributed by atoms with Crippen LogP contribution in [0.25, 0.3) is 58.4 Å². The first-order valence-corrected chi connectivity index (χ1v) is 11.0. The van der Waals surface area contributed by atoms with Crippen molar-refractivity contribution in [3.63, 3.8) is 0 Å². The summed E-state index contributed by atoms with van der Waals surface area (Å²) >= 11 is 1.89. The van der Waals surface area contributed by atoms with Gasteiger partial charge in [-0.25, -0.2) is 0 Å². The fourth-order valence-electron chi connectivity index (χ4n) is 4.96. The van der Waals surface area contributed by atoms with Gasteiger partial charge in [-0.3, -0.25) is 0 Å². The third kappa shape index (κ3) is 2.06. The summed E-state index contributed by atoms with van der Waals surface area (Å²) in [5.74, 6) is 0. The standard InChI is InChI=1S/C28H17NS/c1-2-9-19(10-3-1)29-22-13-6-12-21-26-20-11-5-4-8-18(20)16-17-25(26)30-24-15-7-14-23(29)28(24)27(21)22/h1-17H. The Morgan fingerprint density at radius 1 is 0.467 bits per heavy atom. The minimum atomic E-state index is 1.20. The van der Waals surface area contributed by atoms with Crippen molar-refractivity contribution in [1.29, 1.82) is 0 Å². The first-order valence-electron chi connectivity index (χ1n) is 10.2. The second kappa shape index (κ2) is 5.94. The molecule has 0 unspecified atom stereocenters. The van der Waals surface area contributed by atoms with E-state index >= 15 is 0 Å². The van der Waals surface area contributed by atoms with Crippen LogP contribution in [0.5, 0.6) is 0 Å². The summed E-state index contributed by atoms with van der Waals surface area (Å²) in [6.45, 7) is 0. The maximum atomic E-state index is 2.41. The average Bonchev–Trinajstić information content (AvgIpc) is 3.06. The maximum absolute atomic E-state index is 2.41. The van der Waals surface area contributed by atoms with Gasteiger partial charge in [-0.1, -0.05) is 66.7 Å². The highest BCUT2D eigenvalue weighted by Crippen LogP contribution is 2.44. The highest BCUT2D eigenvalue weighted by Gasteiger charge is 2.18. The maximum Gasteiger partial charge on any atom is 0.0555 e. The number of hydrogen-bond donors (Lipinski definition) is 0. The van der Waals surface area contributed by atoms with Crippen molar-refractivity contribution in [2.75, 3.05) is 0 Å². The third-order valence-corrected chi connectivity index (χ3v) is 7.29. The summed E-state index contributed by atoms with van der Waals surface area (Å²) < 4.78 is 5.07. The van der Waals surface area contributed by atoms with Crippen LogP contribution in [0.1, 0.15) is 0 Å². The highest BCUT2D eigenvalue weighted by molar-refractivity contribution is 7.24. The minimum Gasteiger partial charge on any atom is -0.309 e. The molecule has 140 valence electrons. The number of fused-ring (bicyclic) bond motifs is 4. The summed E-state index contributed by atoms with van der Waals surface area (Å²) in [7, 11) is 0. The molecule has 7 rings (SSSR count). The Labute approximate surface area is 177 Å². The molecule has 0 fully saturated rings. The molecule has 0 atom stereocenters. The predicted octanol–water partition coefficient (Wildman–Crippen LogP) is 8.30. The molecule has 0 radical (unpaired) electrons. The van der Waals surface area contributed by atoms with Crippen LogP contribution in [0, 0.1) is 0 Å². The molecule has 0 aliphatic rings. The molecule has 30 heavy (non-hydrogen) atoms. The monoisotopic (exact) mass is 399 g/mol. The second-order valence-corrected chi connectivity index (χ2v) is 8.87. The topological polar surface area (TPSA) is 4.93 Å². The number of benzene rings is 5. The molecule has 2 heteroatoms. The number of para-hydroxylation sites is 1. The van der Waals surface area contributed by atoms with Gasteiger partial charge < -0.3 is 4.57 Å². The zero-order valence-electron chi connectivity index (χ0n) is 16.2. The molecular weight excluding hydrogens is 382 g/mol. The van der Waals surface area contributed by atoms with Crippen molar-refractivity contribution in [2.45, 2.75) is 0 Å². The van der Waals surface area contributed by atoms with E-state index in [1.807, 2.05) is 11.3 Å². The first kappa shape index (κ1) is 16.2. The van der Waals surface area contributed by atoms with Crippen LogP contribution in [-0.4, -0.2) is 4.57 Å². The van der Waals surface area contributed by atoms with Crippen molar-refractivity contribution >= 4 is 64.1 Å². The second-order valence-electron chi connectivity index (χ2n) is 7.78. The zero-order valence-corrected chi connectivity index (χ0v) is 17.0. The minimum absolute atomic E-state index is 1.20. The molecule has 0 N–H and O–H groups in total. The van der Waals surface area contributed by atoms with Crippen molar-refractivity contribution in [3.8, 4) is 5.69 Å². The molecular formula is C28H17NS. The summed E-state index contributed by atoms with van der Waals surface area (Å²) in [6.07, 6.45) is 0. The predicted molar refractivity (Wildman–Crippen MR) is 131 cm³/mol. The van der Waals surface area contributed by atoms with E-state index < -0.39 is 0 Å². The first-order chi connectivity index (χ1) is 14.9. The Hall–Kier alpha value is -3.62. The lowest BCUT2D eigenvalue weighted by Gasteiger charge is -2.08. The van der Waals surface area contributed by atoms with Crippen LogP contribution in [0.15, 0.2) is 103 Å². The van der Waals surface area contributed by atoms with Gasteiger partial charge in [-0.15, -0.1) is 11.3 Å². The molecule has 0 saturated carbocycles. The highest BCUT2D eigenvalue weighted by atomic mass is 32.1. The Morgan fingerprint density at radius 2 is 1.17 bits per heavy atom. The van der Waals surface area contributed by atoms with Crippen LogP contribution >= 0.6 is 11.3 Å². The van der Waals surface area contributed by atoms with E-state index in [1.54, 1.807) is 0 Å². The Kier molecular flexibility index (Phi) is 3.21. The summed E-state index contributed by atoms with van der Waals surface area (Å²) in [4.78, 5) is 0. The Morgan fingerprint density at radius 3 is 2.07 bits per heavy atom. The zero-order chi connectivity index (χ0) is 19.7. The van der Waals surface area contributed by atoms with Crippen LogP contribution in [0.4, 0.5) is 0 Å². The quantitative estimate of drug-likeness (QED) is 0.262. The molecule has 2 heterocycles. The fourth-order valence-corrected chi connectivity index (χ4v) is 6.11. The molecule has 5 aromatic carbocycles. The van der Waals surface area contributed by atoms with Crippen molar-refractivity contribution in [1.82, 2.24) is 4.57 Å². The fraction of sp³-hybridized carbons (Fsp3) is 0. The molecule has 0 aliphatic heterocycles. The van der Waals surface area contributed by atoms with Gasteiger partial charge in [0.15, 0.2) is 0 Å². The SMILES string of the molecule is c1ccc(-n2c3cccc4sc5ccc6ccccc6c5c5cccc2c5c43)cc1. The van der Waals surface area contributed by atoms with E-state index in [1.165, 1.54) is 58.4 Å². The van der Waals surface area contributed by atoms with Gasteiger partial charge in [-0.05, 0) is 52.6 Å². The molecule has 1 nitrogen and oxygen atoms in total. The van der Waals surface area contributed by atoms with Crippen LogP contribution < -0.4 is 0 Å². The lowest BCUT2D eigenvalue weighted by Crippen LogP contribution is -1.92. The lowest BCUT2D eigenvalue weighted by atomic mass is 10.0. The van der Waals surface area contributed by atoms with Gasteiger partial charge >= 0.3 is 0 Å². The van der Waals surface area contributed by atoms with Gasteiger partial charge in [0, 0.05) is 31.2 Å². The van der Waals surface area contributed by atoms with E-state index in [4.69, 9.17) is 0 Å². The van der Waals surface area contributed by atoms with Crippen LogP contribution in [0.3, 0.4) is 0 Å². The van der Waals surface area contributed by atoms with E-state index in [-0.39, 0.29) is 0 Å².